The molecule has 0 fully saturated rings. The molecule has 0 aliphatic carbocycles. The Labute approximate surface area is 194 Å². The molecule has 0 saturated carbocycles. The van der Waals surface area contributed by atoms with E-state index in [1.165, 1.54) is 5.56 Å². The number of nitrogens with one attached hydrogen (secondary N) is 1. The molecule has 1 amide bonds. The minimum atomic E-state index is -0.462. The van der Waals surface area contributed by atoms with Crippen LogP contribution in [0.2, 0.25) is 0 Å². The molecule has 0 saturated heterocycles. The number of nitriles is 1. The van der Waals surface area contributed by atoms with Gasteiger partial charge >= 0.3 is 5.97 Å². The number of carbonyl (C=O) groups is 2. The van der Waals surface area contributed by atoms with E-state index < -0.39 is 5.91 Å². The van der Waals surface area contributed by atoms with Gasteiger partial charge in [-0.3, -0.25) is 4.79 Å². The third-order valence-electron chi connectivity index (χ3n) is 5.37. The Balaban J connectivity index is 1.90. The summed E-state index contributed by atoms with van der Waals surface area (Å²) >= 11 is 0. The molecule has 168 valence electrons. The van der Waals surface area contributed by atoms with Crippen LogP contribution in [0.1, 0.15) is 46.7 Å². The van der Waals surface area contributed by atoms with Crippen LogP contribution in [0.4, 0.5) is 5.69 Å². The van der Waals surface area contributed by atoms with Crippen molar-refractivity contribution in [1.29, 1.82) is 5.26 Å². The Morgan fingerprint density at radius 2 is 1.82 bits per heavy atom. The van der Waals surface area contributed by atoms with Gasteiger partial charge in [0.25, 0.3) is 5.91 Å². The van der Waals surface area contributed by atoms with Crippen molar-refractivity contribution in [2.24, 2.45) is 0 Å². The van der Waals surface area contributed by atoms with Crippen molar-refractivity contribution < 1.29 is 14.3 Å². The highest BCUT2D eigenvalue weighted by Gasteiger charge is 2.15. The summed E-state index contributed by atoms with van der Waals surface area (Å²) in [5.74, 6) is -0.840. The van der Waals surface area contributed by atoms with Crippen LogP contribution in [0.15, 0.2) is 60.2 Å². The molecular formula is C27H27N3O3. The zero-order valence-electron chi connectivity index (χ0n) is 19.3. The molecule has 3 aromatic rings. The van der Waals surface area contributed by atoms with Gasteiger partial charge in [0.15, 0.2) is 0 Å². The minimum Gasteiger partial charge on any atom is -0.462 e. The third kappa shape index (κ3) is 5.39. The number of anilines is 1. The summed E-state index contributed by atoms with van der Waals surface area (Å²) in [5.41, 5.74) is 5.59. The normalized spacial score (nSPS) is 11.1. The van der Waals surface area contributed by atoms with E-state index >= 15 is 0 Å². The number of aryl methyl sites for hydroxylation is 2. The number of benzene rings is 2. The highest BCUT2D eigenvalue weighted by molar-refractivity contribution is 6.09. The number of carbonyl (C=O) groups excluding carboxylic acids is 2. The van der Waals surface area contributed by atoms with E-state index in [4.69, 9.17) is 4.74 Å². The SMILES string of the molecule is CCOC(=O)c1cccc(-n2c(C)cc(/C=C(/C#N)C(=O)Nc3ccc(CC)cc3)c2C)c1. The molecule has 0 aliphatic heterocycles. The summed E-state index contributed by atoms with van der Waals surface area (Å²) in [6, 6.07) is 18.6. The highest BCUT2D eigenvalue weighted by atomic mass is 16.5. The summed E-state index contributed by atoms with van der Waals surface area (Å²) in [6.07, 6.45) is 2.50. The van der Waals surface area contributed by atoms with Crippen molar-refractivity contribution in [3.63, 3.8) is 0 Å². The van der Waals surface area contributed by atoms with Crippen LogP contribution < -0.4 is 5.32 Å². The number of aromatic nitrogens is 1. The molecule has 0 bridgehead atoms. The first-order chi connectivity index (χ1) is 15.9. The van der Waals surface area contributed by atoms with Gasteiger partial charge in [0.2, 0.25) is 0 Å². The molecule has 0 radical (unpaired) electrons. The Kier molecular flexibility index (Phi) is 7.47. The van der Waals surface area contributed by atoms with Gasteiger partial charge in [0, 0.05) is 22.8 Å². The summed E-state index contributed by atoms with van der Waals surface area (Å²) in [7, 11) is 0. The first-order valence-electron chi connectivity index (χ1n) is 10.9. The monoisotopic (exact) mass is 441 g/mol. The summed E-state index contributed by atoms with van der Waals surface area (Å²) < 4.78 is 7.08. The van der Waals surface area contributed by atoms with Gasteiger partial charge in [-0.15, -0.1) is 0 Å². The van der Waals surface area contributed by atoms with Crippen molar-refractivity contribution in [3.8, 4) is 11.8 Å². The maximum atomic E-state index is 12.7. The quantitative estimate of drug-likeness (QED) is 0.303. The van der Waals surface area contributed by atoms with E-state index in [2.05, 4.69) is 12.2 Å². The average Bonchev–Trinajstić information content (AvgIpc) is 3.10. The van der Waals surface area contributed by atoms with E-state index in [-0.39, 0.29) is 11.5 Å². The lowest BCUT2D eigenvalue weighted by Crippen LogP contribution is -2.13. The molecule has 33 heavy (non-hydrogen) atoms. The molecule has 0 unspecified atom stereocenters. The third-order valence-corrected chi connectivity index (χ3v) is 5.37. The van der Waals surface area contributed by atoms with Gasteiger partial charge < -0.3 is 14.6 Å². The molecule has 1 N–H and O–H groups in total. The molecular weight excluding hydrogens is 414 g/mol. The number of esters is 1. The van der Waals surface area contributed by atoms with E-state index in [0.29, 0.717) is 17.9 Å². The fourth-order valence-electron chi connectivity index (χ4n) is 3.64. The number of rotatable bonds is 7. The Morgan fingerprint density at radius 3 is 2.45 bits per heavy atom. The molecule has 0 aliphatic rings. The van der Waals surface area contributed by atoms with Crippen molar-refractivity contribution >= 4 is 23.6 Å². The number of ether oxygens (including phenoxy) is 1. The highest BCUT2D eigenvalue weighted by Crippen LogP contribution is 2.24. The molecule has 2 aromatic carbocycles. The zero-order valence-corrected chi connectivity index (χ0v) is 19.3. The Bertz CT molecular complexity index is 1240. The fraction of sp³-hybridized carbons (Fsp3) is 0.222. The summed E-state index contributed by atoms with van der Waals surface area (Å²) in [4.78, 5) is 24.8. The Morgan fingerprint density at radius 1 is 1.09 bits per heavy atom. The van der Waals surface area contributed by atoms with Crippen LogP contribution in [0, 0.1) is 25.2 Å². The lowest BCUT2D eigenvalue weighted by atomic mass is 10.1. The predicted octanol–water partition coefficient (Wildman–Crippen LogP) is 5.38. The molecule has 6 nitrogen and oxygen atoms in total. The summed E-state index contributed by atoms with van der Waals surface area (Å²) in [5, 5.41) is 12.4. The average molecular weight is 442 g/mol. The van der Waals surface area contributed by atoms with E-state index in [0.717, 1.165) is 29.1 Å². The second-order valence-electron chi connectivity index (χ2n) is 7.61. The molecule has 0 atom stereocenters. The first-order valence-corrected chi connectivity index (χ1v) is 10.9. The van der Waals surface area contributed by atoms with Gasteiger partial charge in [0.05, 0.1) is 12.2 Å². The lowest BCUT2D eigenvalue weighted by molar-refractivity contribution is -0.112. The molecule has 1 aromatic heterocycles. The van der Waals surface area contributed by atoms with Gasteiger partial charge in [-0.1, -0.05) is 25.1 Å². The molecule has 0 spiro atoms. The predicted molar refractivity (Wildman–Crippen MR) is 129 cm³/mol. The standard InChI is InChI=1S/C27H27N3O3/c1-5-20-10-12-24(13-11-20)29-26(31)23(17-28)15-22-14-18(3)30(19(22)4)25-9-7-8-21(16-25)27(32)33-6-2/h7-16H,5-6H2,1-4H3,(H,29,31)/b23-15-. The molecule has 1 heterocycles. The second-order valence-corrected chi connectivity index (χ2v) is 7.61. The van der Waals surface area contributed by atoms with E-state index in [9.17, 15) is 14.9 Å². The number of hydrogen-bond donors (Lipinski definition) is 1. The van der Waals surface area contributed by atoms with Crippen LogP contribution in [-0.4, -0.2) is 23.1 Å². The van der Waals surface area contributed by atoms with Crippen LogP contribution in [0.25, 0.3) is 11.8 Å². The van der Waals surface area contributed by atoms with Crippen molar-refractivity contribution in [3.05, 3.63) is 88.2 Å². The van der Waals surface area contributed by atoms with Crippen molar-refractivity contribution in [2.45, 2.75) is 34.1 Å². The molecule has 3 rings (SSSR count). The largest absolute Gasteiger partial charge is 0.462 e. The van der Waals surface area contributed by atoms with Gasteiger partial charge in [-0.2, -0.15) is 5.26 Å². The second kappa shape index (κ2) is 10.5. The van der Waals surface area contributed by atoms with E-state index in [1.54, 1.807) is 31.2 Å². The number of nitrogens with zero attached hydrogens (tertiary/aromatic N) is 2. The maximum Gasteiger partial charge on any atom is 0.338 e. The smallest absolute Gasteiger partial charge is 0.338 e. The van der Waals surface area contributed by atoms with Crippen LogP contribution in [0.3, 0.4) is 0 Å². The van der Waals surface area contributed by atoms with Crippen LogP contribution in [-0.2, 0) is 16.0 Å². The minimum absolute atomic E-state index is 0.00934. The van der Waals surface area contributed by atoms with Gasteiger partial charge in [-0.25, -0.2) is 4.79 Å². The van der Waals surface area contributed by atoms with Gasteiger partial charge in [0.1, 0.15) is 11.6 Å². The zero-order chi connectivity index (χ0) is 24.0. The number of hydrogen-bond acceptors (Lipinski definition) is 4. The maximum absolute atomic E-state index is 12.7. The number of amides is 1. The summed E-state index contributed by atoms with van der Waals surface area (Å²) in [6.45, 7) is 7.98. The fourth-order valence-corrected chi connectivity index (χ4v) is 3.64. The van der Waals surface area contributed by atoms with Crippen molar-refractivity contribution in [2.75, 3.05) is 11.9 Å². The van der Waals surface area contributed by atoms with E-state index in [1.807, 2.05) is 60.9 Å². The van der Waals surface area contributed by atoms with Crippen LogP contribution >= 0.6 is 0 Å². The van der Waals surface area contributed by atoms with Crippen LogP contribution in [0.5, 0.6) is 0 Å². The first kappa shape index (κ1) is 23.6. The van der Waals surface area contributed by atoms with Gasteiger partial charge in [-0.05, 0) is 80.8 Å². The topological polar surface area (TPSA) is 84.1 Å². The molecule has 6 heteroatoms. The Hall–Kier alpha value is -4.11. The lowest BCUT2D eigenvalue weighted by Gasteiger charge is -2.11. The van der Waals surface area contributed by atoms with Crippen molar-refractivity contribution in [1.82, 2.24) is 4.57 Å².